The molecule has 3 heterocycles. The molecule has 0 aromatic carbocycles. The predicted octanol–water partition coefficient (Wildman–Crippen LogP) is 3.79. The number of nitrogens with zero attached hydrogens (tertiary/aromatic N) is 8. The zero-order chi connectivity index (χ0) is 23.1. The van der Waals surface area contributed by atoms with Crippen molar-refractivity contribution in [2.45, 2.75) is 96.4 Å². The summed E-state index contributed by atoms with van der Waals surface area (Å²) in [5, 5.41) is 37.1. The molecule has 3 rings (SSSR count). The predicted molar refractivity (Wildman–Crippen MR) is 121 cm³/mol. The van der Waals surface area contributed by atoms with E-state index in [0.29, 0.717) is 23.8 Å². The van der Waals surface area contributed by atoms with Gasteiger partial charge in [-0.2, -0.15) is 10.4 Å². The number of carboxylic acid groups (broad SMARTS) is 1. The summed E-state index contributed by atoms with van der Waals surface area (Å²) >= 11 is 0. The molecule has 0 aliphatic heterocycles. The molecule has 0 saturated heterocycles. The fourth-order valence-electron chi connectivity index (χ4n) is 3.98. The molecule has 0 saturated carbocycles. The van der Waals surface area contributed by atoms with Gasteiger partial charge in [0.15, 0.2) is 0 Å². The van der Waals surface area contributed by atoms with Crippen LogP contribution in [0.3, 0.4) is 0 Å². The number of rotatable bonds is 18. The van der Waals surface area contributed by atoms with Gasteiger partial charge in [0.05, 0.1) is 6.33 Å². The van der Waals surface area contributed by atoms with Crippen LogP contribution in [0.25, 0.3) is 23.0 Å². The third kappa shape index (κ3) is 8.35. The number of aromatic nitrogens is 10. The zero-order valence-electron chi connectivity index (χ0n) is 19.1. The van der Waals surface area contributed by atoms with Crippen LogP contribution in [-0.4, -0.2) is 61.9 Å². The molecule has 0 radical (unpaired) electrons. The molecule has 12 heteroatoms. The number of H-pyrrole nitrogens is 2. The topological polar surface area (TPSA) is 164 Å². The van der Waals surface area contributed by atoms with Crippen LogP contribution in [0.1, 0.15) is 89.9 Å². The van der Waals surface area contributed by atoms with E-state index in [9.17, 15) is 4.79 Å². The van der Waals surface area contributed by atoms with E-state index in [0.717, 1.165) is 44.3 Å². The van der Waals surface area contributed by atoms with Gasteiger partial charge in [-0.25, -0.2) is 4.98 Å². The van der Waals surface area contributed by atoms with Gasteiger partial charge in [-0.3, -0.25) is 4.79 Å². The molecule has 0 bridgehead atoms. The number of imidazole rings is 1. The fraction of sp³-hybridized carbons (Fsp3) is 0.714. The largest absolute Gasteiger partial charge is 0.481 e. The van der Waals surface area contributed by atoms with E-state index < -0.39 is 5.97 Å². The third-order valence-electron chi connectivity index (χ3n) is 5.74. The van der Waals surface area contributed by atoms with Crippen LogP contribution in [0.15, 0.2) is 6.33 Å². The van der Waals surface area contributed by atoms with E-state index in [1.54, 1.807) is 6.33 Å². The summed E-state index contributed by atoms with van der Waals surface area (Å²) in [6, 6.07) is 0. The Hall–Kier alpha value is -3.18. The van der Waals surface area contributed by atoms with E-state index in [-0.39, 0.29) is 0 Å². The van der Waals surface area contributed by atoms with Crippen molar-refractivity contribution >= 4 is 5.97 Å². The number of hydrogen-bond acceptors (Lipinski definition) is 8. The molecule has 0 atom stereocenters. The lowest BCUT2D eigenvalue weighted by Crippen LogP contribution is -2.01. The Kier molecular flexibility index (Phi) is 10.4. The highest BCUT2D eigenvalue weighted by Crippen LogP contribution is 2.26. The lowest BCUT2D eigenvalue weighted by molar-refractivity contribution is -0.137. The third-order valence-corrected chi connectivity index (χ3v) is 5.74. The van der Waals surface area contributed by atoms with Gasteiger partial charge in [0, 0.05) is 13.0 Å². The Balaban J connectivity index is 1.24. The Labute approximate surface area is 193 Å². The first-order valence-corrected chi connectivity index (χ1v) is 12.0. The van der Waals surface area contributed by atoms with Gasteiger partial charge in [-0.1, -0.05) is 70.6 Å². The highest BCUT2D eigenvalue weighted by atomic mass is 16.4. The molecule has 0 unspecified atom stereocenters. The van der Waals surface area contributed by atoms with Crippen molar-refractivity contribution in [3.8, 4) is 23.0 Å². The summed E-state index contributed by atoms with van der Waals surface area (Å²) < 4.78 is 2.03. The van der Waals surface area contributed by atoms with Crippen LogP contribution >= 0.6 is 0 Å². The Morgan fingerprint density at radius 2 is 1.27 bits per heavy atom. The summed E-state index contributed by atoms with van der Waals surface area (Å²) in [6.07, 6.45) is 17.5. The first-order chi connectivity index (χ1) is 16.3. The van der Waals surface area contributed by atoms with Crippen molar-refractivity contribution in [2.75, 3.05) is 0 Å². The van der Waals surface area contributed by atoms with Crippen molar-refractivity contribution in [1.29, 1.82) is 0 Å². The molecule has 3 N–H and O–H groups in total. The smallest absolute Gasteiger partial charge is 0.303 e. The lowest BCUT2D eigenvalue weighted by Gasteiger charge is -2.07. The number of aliphatic carboxylic acids is 1. The van der Waals surface area contributed by atoms with Crippen LogP contribution in [0, 0.1) is 0 Å². The molecule has 12 nitrogen and oxygen atoms in total. The number of nitrogens with one attached hydrogen (secondary N) is 2. The Morgan fingerprint density at radius 3 is 1.79 bits per heavy atom. The number of hydrogen-bond donors (Lipinski definition) is 3. The minimum absolute atomic E-state index is 0.309. The maximum atomic E-state index is 10.5. The van der Waals surface area contributed by atoms with Gasteiger partial charge in [0.2, 0.25) is 11.6 Å². The number of carbonyl (C=O) groups is 1. The van der Waals surface area contributed by atoms with Gasteiger partial charge in [-0.05, 0) is 23.3 Å². The van der Waals surface area contributed by atoms with E-state index in [4.69, 9.17) is 5.11 Å². The van der Waals surface area contributed by atoms with Crippen LogP contribution in [0.5, 0.6) is 0 Å². The minimum atomic E-state index is -0.681. The molecule has 0 spiro atoms. The van der Waals surface area contributed by atoms with Gasteiger partial charge in [0.1, 0.15) is 11.4 Å². The zero-order valence-corrected chi connectivity index (χ0v) is 19.1. The summed E-state index contributed by atoms with van der Waals surface area (Å²) in [6.45, 7) is 0.821. The van der Waals surface area contributed by atoms with Crippen molar-refractivity contribution in [2.24, 2.45) is 0 Å². The van der Waals surface area contributed by atoms with Gasteiger partial charge in [-0.15, -0.1) is 20.4 Å². The monoisotopic (exact) mass is 458 g/mol. The number of tetrazole rings is 2. The molecular weight excluding hydrogens is 424 g/mol. The molecule has 3 aromatic heterocycles. The SMILES string of the molecule is O=C(O)CCCCCCCCCCCCCCCn1cnc(-c2nn[nH]n2)c1-c1nn[nH]n1. The second kappa shape index (κ2) is 14.1. The second-order valence-electron chi connectivity index (χ2n) is 8.35. The van der Waals surface area contributed by atoms with Gasteiger partial charge in [0.25, 0.3) is 0 Å². The fourth-order valence-corrected chi connectivity index (χ4v) is 3.98. The average Bonchev–Trinajstić information content (AvgIpc) is 3.57. The molecule has 0 aliphatic rings. The Bertz CT molecular complexity index is 908. The molecule has 33 heavy (non-hydrogen) atoms. The van der Waals surface area contributed by atoms with Gasteiger partial charge < -0.3 is 9.67 Å². The lowest BCUT2D eigenvalue weighted by atomic mass is 10.0. The summed E-state index contributed by atoms with van der Waals surface area (Å²) in [4.78, 5) is 14.9. The molecule has 180 valence electrons. The summed E-state index contributed by atoms with van der Waals surface area (Å²) in [5.74, 6) is 0.194. The van der Waals surface area contributed by atoms with Crippen molar-refractivity contribution in [1.82, 2.24) is 50.8 Å². The highest BCUT2D eigenvalue weighted by Gasteiger charge is 2.21. The number of aromatic amines is 2. The molecule has 3 aromatic rings. The van der Waals surface area contributed by atoms with Crippen molar-refractivity contribution in [3.05, 3.63) is 6.33 Å². The van der Waals surface area contributed by atoms with E-state index >= 15 is 0 Å². The average molecular weight is 459 g/mol. The number of aryl methyl sites for hydroxylation is 1. The quantitative estimate of drug-likeness (QED) is 0.240. The molecular formula is C21H34N10O2. The maximum Gasteiger partial charge on any atom is 0.303 e. The van der Waals surface area contributed by atoms with Gasteiger partial charge >= 0.3 is 5.97 Å². The van der Waals surface area contributed by atoms with Crippen molar-refractivity contribution in [3.63, 3.8) is 0 Å². The normalized spacial score (nSPS) is 11.3. The van der Waals surface area contributed by atoms with Crippen LogP contribution < -0.4 is 0 Å². The minimum Gasteiger partial charge on any atom is -0.481 e. The maximum absolute atomic E-state index is 10.5. The van der Waals surface area contributed by atoms with E-state index in [2.05, 4.69) is 46.2 Å². The first kappa shape index (κ1) is 24.5. The second-order valence-corrected chi connectivity index (χ2v) is 8.35. The van der Waals surface area contributed by atoms with E-state index in [1.165, 1.54) is 51.4 Å². The van der Waals surface area contributed by atoms with Crippen LogP contribution in [-0.2, 0) is 11.3 Å². The highest BCUT2D eigenvalue weighted by molar-refractivity contribution is 5.70. The van der Waals surface area contributed by atoms with Crippen LogP contribution in [0.2, 0.25) is 0 Å². The van der Waals surface area contributed by atoms with E-state index in [1.807, 2.05) is 4.57 Å². The first-order valence-electron chi connectivity index (χ1n) is 12.0. The Morgan fingerprint density at radius 1 is 0.758 bits per heavy atom. The van der Waals surface area contributed by atoms with Crippen molar-refractivity contribution < 1.29 is 9.90 Å². The number of unbranched alkanes of at least 4 members (excludes halogenated alkanes) is 12. The molecule has 0 aliphatic carbocycles. The summed E-state index contributed by atoms with van der Waals surface area (Å²) in [7, 11) is 0. The molecule has 0 fully saturated rings. The molecule has 0 amide bonds. The number of carboxylic acids is 1. The summed E-state index contributed by atoms with van der Waals surface area (Å²) in [5.41, 5.74) is 1.33. The van der Waals surface area contributed by atoms with Crippen LogP contribution in [0.4, 0.5) is 0 Å². The standard InChI is InChI=1S/C21H34N10O2/c32-17(33)14-12-10-8-6-4-2-1-3-5-7-9-11-13-15-31-16-22-18(20-23-27-28-24-20)19(31)21-25-29-30-26-21/h16H,1-15H2,(H,32,33)(H,23,24,27,28)(H,25,26,29,30).